The van der Waals surface area contributed by atoms with Gasteiger partial charge in [0.1, 0.15) is 0 Å². The van der Waals surface area contributed by atoms with Crippen molar-refractivity contribution in [2.75, 3.05) is 7.11 Å². The van der Waals surface area contributed by atoms with Crippen LogP contribution >= 0.6 is 0 Å². The molecule has 2 rings (SSSR count). The van der Waals surface area contributed by atoms with Gasteiger partial charge in [-0.1, -0.05) is 27.7 Å². The van der Waals surface area contributed by atoms with Crippen LogP contribution in [0.4, 0.5) is 0 Å². The first-order chi connectivity index (χ1) is 9.68. The summed E-state index contributed by atoms with van der Waals surface area (Å²) in [5.74, 6) is -0.187. The van der Waals surface area contributed by atoms with Crippen molar-refractivity contribution < 1.29 is 14.3 Å². The third-order valence-electron chi connectivity index (χ3n) is 4.36. The monoisotopic (exact) mass is 291 g/mol. The van der Waals surface area contributed by atoms with Crippen molar-refractivity contribution in [3.8, 4) is 0 Å². The number of rotatable bonds is 2. The lowest BCUT2D eigenvalue weighted by Crippen LogP contribution is -2.40. The molecule has 1 unspecified atom stereocenters. The number of hydrogen-bond donors (Lipinski definition) is 1. The Morgan fingerprint density at radius 3 is 2.48 bits per heavy atom. The summed E-state index contributed by atoms with van der Waals surface area (Å²) < 4.78 is 4.93. The van der Waals surface area contributed by atoms with Gasteiger partial charge in [0.15, 0.2) is 5.78 Å². The normalized spacial score (nSPS) is 24.9. The molecule has 0 aromatic rings. The van der Waals surface area contributed by atoms with Crippen LogP contribution in [0.5, 0.6) is 0 Å². The van der Waals surface area contributed by atoms with E-state index in [0.29, 0.717) is 12.0 Å². The van der Waals surface area contributed by atoms with Gasteiger partial charge in [-0.25, -0.2) is 4.79 Å². The number of Topliss-reactive ketones (excluding diaryl/α,β-unsaturated/α-hetero) is 1. The molecule has 0 fully saturated rings. The summed E-state index contributed by atoms with van der Waals surface area (Å²) in [6.45, 7) is 10.2. The molecule has 116 valence electrons. The number of ether oxygens (including phenoxy) is 1. The molecule has 1 atom stereocenters. The highest BCUT2D eigenvalue weighted by Gasteiger charge is 2.43. The second-order valence-corrected chi connectivity index (χ2v) is 7.21. The van der Waals surface area contributed by atoms with Crippen LogP contribution in [0.3, 0.4) is 0 Å². The Morgan fingerprint density at radius 1 is 1.33 bits per heavy atom. The predicted molar refractivity (Wildman–Crippen MR) is 81.2 cm³/mol. The van der Waals surface area contributed by atoms with Gasteiger partial charge in [0, 0.05) is 29.3 Å². The fourth-order valence-corrected chi connectivity index (χ4v) is 3.54. The van der Waals surface area contributed by atoms with Crippen molar-refractivity contribution in [3.63, 3.8) is 0 Å². The fourth-order valence-electron chi connectivity index (χ4n) is 3.54. The van der Waals surface area contributed by atoms with Gasteiger partial charge in [-0.3, -0.25) is 4.79 Å². The van der Waals surface area contributed by atoms with Crippen LogP contribution in [0.1, 0.15) is 47.5 Å². The van der Waals surface area contributed by atoms with E-state index in [1.807, 2.05) is 20.8 Å². The molecule has 0 saturated carbocycles. The number of hydrogen-bond acceptors (Lipinski definition) is 4. The van der Waals surface area contributed by atoms with Crippen LogP contribution in [0.2, 0.25) is 0 Å². The maximum atomic E-state index is 12.6. The Morgan fingerprint density at radius 2 is 1.95 bits per heavy atom. The van der Waals surface area contributed by atoms with Crippen LogP contribution in [0, 0.1) is 17.3 Å². The molecule has 21 heavy (non-hydrogen) atoms. The van der Waals surface area contributed by atoms with E-state index in [-0.39, 0.29) is 29.0 Å². The molecule has 1 aliphatic heterocycles. The number of dihydropyridines is 1. The van der Waals surface area contributed by atoms with E-state index in [1.165, 1.54) is 7.11 Å². The first-order valence-electron chi connectivity index (χ1n) is 7.50. The van der Waals surface area contributed by atoms with Gasteiger partial charge in [-0.15, -0.1) is 0 Å². The van der Waals surface area contributed by atoms with Gasteiger partial charge in [-0.05, 0) is 24.7 Å². The lowest BCUT2D eigenvalue weighted by molar-refractivity contribution is -0.137. The van der Waals surface area contributed by atoms with E-state index in [2.05, 4.69) is 19.2 Å². The second-order valence-electron chi connectivity index (χ2n) is 7.21. The fraction of sp³-hybridized carbons (Fsp3) is 0.647. The van der Waals surface area contributed by atoms with E-state index >= 15 is 0 Å². The second kappa shape index (κ2) is 5.32. The van der Waals surface area contributed by atoms with Gasteiger partial charge in [-0.2, -0.15) is 0 Å². The third kappa shape index (κ3) is 2.76. The molecule has 0 saturated heterocycles. The van der Waals surface area contributed by atoms with Gasteiger partial charge < -0.3 is 10.1 Å². The van der Waals surface area contributed by atoms with Gasteiger partial charge in [0.05, 0.1) is 12.7 Å². The number of carbonyl (C=O) groups excluding carboxylic acids is 2. The lowest BCUT2D eigenvalue weighted by atomic mass is 9.67. The van der Waals surface area contributed by atoms with Gasteiger partial charge in [0.25, 0.3) is 0 Å². The molecule has 0 amide bonds. The summed E-state index contributed by atoms with van der Waals surface area (Å²) in [7, 11) is 1.38. The van der Waals surface area contributed by atoms with Gasteiger partial charge in [0.2, 0.25) is 0 Å². The summed E-state index contributed by atoms with van der Waals surface area (Å²) in [6, 6.07) is 0. The standard InChI is InChI=1S/C17H25NO3/c1-9(2)13-14(16(20)21-6)10(3)18-11-7-17(4,5)8-12(19)15(11)13/h9,13,18H,7-8H2,1-6H3. The molecular formula is C17H25NO3. The van der Waals surface area contributed by atoms with Crippen LogP contribution in [0.15, 0.2) is 22.5 Å². The minimum absolute atomic E-state index is 0.0342. The molecule has 1 aliphatic carbocycles. The van der Waals surface area contributed by atoms with Crippen molar-refractivity contribution in [2.24, 2.45) is 17.3 Å². The zero-order chi connectivity index (χ0) is 15.9. The van der Waals surface area contributed by atoms with E-state index in [1.54, 1.807) is 0 Å². The minimum Gasteiger partial charge on any atom is -0.466 e. The molecular weight excluding hydrogens is 266 g/mol. The third-order valence-corrected chi connectivity index (χ3v) is 4.36. The summed E-state index contributed by atoms with van der Waals surface area (Å²) in [5, 5.41) is 3.29. The highest BCUT2D eigenvalue weighted by molar-refractivity contribution is 6.02. The number of methoxy groups -OCH3 is 1. The van der Waals surface area contributed by atoms with Crippen molar-refractivity contribution in [1.82, 2.24) is 5.32 Å². The smallest absolute Gasteiger partial charge is 0.336 e. The minimum atomic E-state index is -0.345. The average Bonchev–Trinajstić information content (AvgIpc) is 2.34. The molecule has 0 radical (unpaired) electrons. The van der Waals surface area contributed by atoms with Crippen molar-refractivity contribution in [3.05, 3.63) is 22.5 Å². The van der Waals surface area contributed by atoms with Crippen LogP contribution < -0.4 is 5.32 Å². The maximum absolute atomic E-state index is 12.6. The Kier molecular flexibility index (Phi) is 4.00. The number of nitrogens with one attached hydrogen (secondary N) is 1. The summed E-state index contributed by atoms with van der Waals surface area (Å²) in [6.07, 6.45) is 1.37. The molecule has 0 aromatic carbocycles. The van der Waals surface area contributed by atoms with Gasteiger partial charge >= 0.3 is 5.97 Å². The van der Waals surface area contributed by atoms with E-state index < -0.39 is 0 Å². The largest absolute Gasteiger partial charge is 0.466 e. The lowest BCUT2D eigenvalue weighted by Gasteiger charge is -2.40. The highest BCUT2D eigenvalue weighted by atomic mass is 16.5. The first-order valence-corrected chi connectivity index (χ1v) is 7.50. The Bertz CT molecular complexity index is 552. The Hall–Kier alpha value is -1.58. The summed E-state index contributed by atoms with van der Waals surface area (Å²) in [4.78, 5) is 24.8. The van der Waals surface area contributed by atoms with E-state index in [4.69, 9.17) is 4.74 Å². The first kappa shape index (κ1) is 15.8. The summed E-state index contributed by atoms with van der Waals surface area (Å²) in [5.41, 5.74) is 3.15. The van der Waals surface area contributed by atoms with Crippen LogP contribution in [0.25, 0.3) is 0 Å². The van der Waals surface area contributed by atoms with Crippen LogP contribution in [-0.2, 0) is 14.3 Å². The molecule has 4 heteroatoms. The van der Waals surface area contributed by atoms with Crippen LogP contribution in [-0.4, -0.2) is 18.9 Å². The van der Waals surface area contributed by atoms with E-state index in [9.17, 15) is 9.59 Å². The van der Waals surface area contributed by atoms with E-state index in [0.717, 1.165) is 23.4 Å². The Labute approximate surface area is 126 Å². The molecule has 0 aromatic heterocycles. The topological polar surface area (TPSA) is 55.4 Å². The molecule has 2 aliphatic rings. The quantitative estimate of drug-likeness (QED) is 0.795. The maximum Gasteiger partial charge on any atom is 0.336 e. The van der Waals surface area contributed by atoms with Crippen molar-refractivity contribution in [1.29, 1.82) is 0 Å². The predicted octanol–water partition coefficient (Wildman–Crippen LogP) is 2.95. The SMILES string of the molecule is COC(=O)C1=C(C)NC2=C(C(=O)CC(C)(C)C2)C1C(C)C. The zero-order valence-corrected chi connectivity index (χ0v) is 13.8. The zero-order valence-electron chi connectivity index (χ0n) is 13.8. The highest BCUT2D eigenvalue weighted by Crippen LogP contribution is 2.45. The molecule has 0 spiro atoms. The van der Waals surface area contributed by atoms with Crippen molar-refractivity contribution >= 4 is 11.8 Å². The number of ketones is 1. The summed E-state index contributed by atoms with van der Waals surface area (Å²) >= 11 is 0. The molecule has 0 bridgehead atoms. The Balaban J connectivity index is 2.54. The molecule has 4 nitrogen and oxygen atoms in total. The molecule has 1 heterocycles. The molecule has 1 N–H and O–H groups in total. The number of allylic oxidation sites excluding steroid dienone is 3. The number of carbonyl (C=O) groups is 2. The van der Waals surface area contributed by atoms with Crippen molar-refractivity contribution in [2.45, 2.75) is 47.5 Å². The number of esters is 1. The average molecular weight is 291 g/mol.